The number of anilines is 1. The Morgan fingerprint density at radius 1 is 1.14 bits per heavy atom. The molecule has 0 saturated carbocycles. The van der Waals surface area contributed by atoms with Crippen molar-refractivity contribution in [3.8, 4) is 0 Å². The summed E-state index contributed by atoms with van der Waals surface area (Å²) in [5, 5.41) is 3.13. The summed E-state index contributed by atoms with van der Waals surface area (Å²) < 4.78 is 31.8. The molecule has 0 spiro atoms. The molecule has 2 aromatic rings. The Bertz CT molecular complexity index is 1040. The number of nitrogens with zero attached hydrogens (tertiary/aromatic N) is 1. The highest BCUT2D eigenvalue weighted by atomic mass is 32.2. The predicted octanol–water partition coefficient (Wildman–Crippen LogP) is 3.74. The molecule has 0 aliphatic carbocycles. The maximum Gasteiger partial charge on any atom is 0.341 e. The van der Waals surface area contributed by atoms with Crippen LogP contribution in [0, 0.1) is 20.8 Å². The molecule has 0 saturated heterocycles. The molecule has 158 valence electrons. The van der Waals surface area contributed by atoms with E-state index in [0.29, 0.717) is 29.2 Å². The number of rotatable bonds is 7. The molecule has 0 atom stereocenters. The Morgan fingerprint density at radius 3 is 2.31 bits per heavy atom. The summed E-state index contributed by atoms with van der Waals surface area (Å²) in [5.74, 6) is -1.01. The molecule has 1 aromatic heterocycles. The average molecular weight is 439 g/mol. The molecule has 0 unspecified atom stereocenters. The molecule has 7 nitrogen and oxygen atoms in total. The lowest BCUT2D eigenvalue weighted by Gasteiger charge is -2.19. The van der Waals surface area contributed by atoms with Crippen LogP contribution in [-0.2, 0) is 14.8 Å². The highest BCUT2D eigenvalue weighted by molar-refractivity contribution is 7.89. The summed E-state index contributed by atoms with van der Waals surface area (Å²) >= 11 is 1.28. The number of carbonyl (C=O) groups excluding carboxylic acids is 2. The molecule has 1 heterocycles. The summed E-state index contributed by atoms with van der Waals surface area (Å²) in [6.45, 7) is 9.57. The van der Waals surface area contributed by atoms with Gasteiger partial charge in [-0.15, -0.1) is 11.3 Å². The normalized spacial score (nSPS) is 11.6. The molecular weight excluding hydrogens is 412 g/mol. The SMILES string of the molecule is CCN(CC)S(=O)(=O)c1ccc(C)c(C(=O)Nc2sc(C)c(C)c2C(=O)OC)c1. The fourth-order valence-electron chi connectivity index (χ4n) is 2.95. The number of hydrogen-bond donors (Lipinski definition) is 1. The van der Waals surface area contributed by atoms with Crippen molar-refractivity contribution >= 4 is 38.2 Å². The number of aryl methyl sites for hydroxylation is 2. The van der Waals surface area contributed by atoms with Gasteiger partial charge < -0.3 is 10.1 Å². The van der Waals surface area contributed by atoms with Crippen molar-refractivity contribution < 1.29 is 22.7 Å². The van der Waals surface area contributed by atoms with Crippen LogP contribution in [0.2, 0.25) is 0 Å². The van der Waals surface area contributed by atoms with E-state index in [1.165, 1.54) is 34.9 Å². The van der Waals surface area contributed by atoms with Gasteiger partial charge in [0.15, 0.2) is 0 Å². The van der Waals surface area contributed by atoms with Crippen LogP contribution >= 0.6 is 11.3 Å². The third-order valence-electron chi connectivity index (χ3n) is 4.80. The van der Waals surface area contributed by atoms with Gasteiger partial charge in [-0.25, -0.2) is 13.2 Å². The van der Waals surface area contributed by atoms with Gasteiger partial charge in [-0.05, 0) is 44.0 Å². The second-order valence-corrected chi connectivity index (χ2v) is 9.66. The number of hydrogen-bond acceptors (Lipinski definition) is 6. The van der Waals surface area contributed by atoms with E-state index in [2.05, 4.69) is 5.32 Å². The summed E-state index contributed by atoms with van der Waals surface area (Å²) in [7, 11) is -2.41. The van der Waals surface area contributed by atoms with E-state index >= 15 is 0 Å². The smallest absolute Gasteiger partial charge is 0.341 e. The largest absolute Gasteiger partial charge is 0.465 e. The zero-order chi connectivity index (χ0) is 21.9. The van der Waals surface area contributed by atoms with Crippen molar-refractivity contribution in [2.45, 2.75) is 39.5 Å². The number of nitrogens with one attached hydrogen (secondary N) is 1. The van der Waals surface area contributed by atoms with Crippen molar-refractivity contribution in [1.82, 2.24) is 4.31 Å². The minimum absolute atomic E-state index is 0.0590. The van der Waals surface area contributed by atoms with Crippen LogP contribution in [0.15, 0.2) is 23.1 Å². The van der Waals surface area contributed by atoms with Crippen molar-refractivity contribution in [2.75, 3.05) is 25.5 Å². The van der Waals surface area contributed by atoms with E-state index < -0.39 is 21.9 Å². The lowest BCUT2D eigenvalue weighted by Crippen LogP contribution is -2.30. The van der Waals surface area contributed by atoms with Crippen LogP contribution in [0.5, 0.6) is 0 Å². The van der Waals surface area contributed by atoms with Gasteiger partial charge in [-0.3, -0.25) is 4.79 Å². The minimum Gasteiger partial charge on any atom is -0.465 e. The summed E-state index contributed by atoms with van der Waals surface area (Å²) in [4.78, 5) is 26.0. The van der Waals surface area contributed by atoms with Crippen molar-refractivity contribution in [3.05, 3.63) is 45.3 Å². The van der Waals surface area contributed by atoms with Gasteiger partial charge in [0.1, 0.15) is 5.00 Å². The van der Waals surface area contributed by atoms with Crippen molar-refractivity contribution in [2.24, 2.45) is 0 Å². The van der Waals surface area contributed by atoms with Crippen LogP contribution < -0.4 is 5.32 Å². The number of thiophene rings is 1. The molecule has 2 rings (SSSR count). The molecule has 1 aromatic carbocycles. The Labute approximate surface area is 175 Å². The molecule has 9 heteroatoms. The molecule has 0 fully saturated rings. The topological polar surface area (TPSA) is 92.8 Å². The van der Waals surface area contributed by atoms with Crippen LogP contribution in [0.3, 0.4) is 0 Å². The second kappa shape index (κ2) is 9.06. The van der Waals surface area contributed by atoms with Crippen molar-refractivity contribution in [3.63, 3.8) is 0 Å². The zero-order valence-corrected chi connectivity index (χ0v) is 19.1. The molecule has 0 aliphatic rings. The monoisotopic (exact) mass is 438 g/mol. The minimum atomic E-state index is -3.69. The first-order chi connectivity index (χ1) is 13.6. The number of amides is 1. The second-order valence-electron chi connectivity index (χ2n) is 6.50. The maximum atomic E-state index is 12.9. The first-order valence-corrected chi connectivity index (χ1v) is 11.4. The fourth-order valence-corrected chi connectivity index (χ4v) is 5.48. The van der Waals surface area contributed by atoms with Crippen LogP contribution in [-0.4, -0.2) is 44.8 Å². The average Bonchev–Trinajstić information content (AvgIpc) is 2.95. The van der Waals surface area contributed by atoms with Gasteiger partial charge in [-0.2, -0.15) is 4.31 Å². The number of sulfonamides is 1. The maximum absolute atomic E-state index is 12.9. The number of carbonyl (C=O) groups is 2. The molecule has 0 bridgehead atoms. The zero-order valence-electron chi connectivity index (χ0n) is 17.5. The number of ether oxygens (including phenoxy) is 1. The van der Waals surface area contributed by atoms with E-state index in [1.54, 1.807) is 33.8 Å². The summed E-state index contributed by atoms with van der Waals surface area (Å²) in [5.41, 5.74) is 1.92. The molecule has 29 heavy (non-hydrogen) atoms. The van der Waals surface area contributed by atoms with Gasteiger partial charge in [-0.1, -0.05) is 19.9 Å². The van der Waals surface area contributed by atoms with Gasteiger partial charge in [0, 0.05) is 23.5 Å². The van der Waals surface area contributed by atoms with E-state index in [4.69, 9.17) is 4.74 Å². The van der Waals surface area contributed by atoms with E-state index in [1.807, 2.05) is 6.92 Å². The Balaban J connectivity index is 2.46. The van der Waals surface area contributed by atoms with Crippen LogP contribution in [0.4, 0.5) is 5.00 Å². The quantitative estimate of drug-likeness (QED) is 0.665. The molecular formula is C20H26N2O5S2. The molecule has 0 aliphatic heterocycles. The Morgan fingerprint density at radius 2 is 1.76 bits per heavy atom. The van der Waals surface area contributed by atoms with E-state index in [-0.39, 0.29) is 10.5 Å². The van der Waals surface area contributed by atoms with Crippen molar-refractivity contribution in [1.29, 1.82) is 0 Å². The highest BCUT2D eigenvalue weighted by Crippen LogP contribution is 2.33. The predicted molar refractivity (Wildman–Crippen MR) is 114 cm³/mol. The Kier molecular flexibility index (Phi) is 7.20. The number of methoxy groups -OCH3 is 1. The lowest BCUT2D eigenvalue weighted by atomic mass is 10.1. The first kappa shape index (κ1) is 23.1. The van der Waals surface area contributed by atoms with Gasteiger partial charge in [0.25, 0.3) is 5.91 Å². The standard InChI is InChI=1S/C20H26N2O5S2/c1-7-22(8-2)29(25,26)15-10-9-12(3)16(11-15)18(23)21-19-17(20(24)27-6)13(4)14(5)28-19/h9-11H,7-8H2,1-6H3,(H,21,23). The highest BCUT2D eigenvalue weighted by Gasteiger charge is 2.25. The van der Waals surface area contributed by atoms with Crippen LogP contribution in [0.1, 0.15) is 50.6 Å². The molecule has 1 amide bonds. The Hall–Kier alpha value is -2.23. The van der Waals surface area contributed by atoms with E-state index in [9.17, 15) is 18.0 Å². The lowest BCUT2D eigenvalue weighted by molar-refractivity contribution is 0.0601. The van der Waals surface area contributed by atoms with Crippen LogP contribution in [0.25, 0.3) is 0 Å². The van der Waals surface area contributed by atoms with Gasteiger partial charge >= 0.3 is 5.97 Å². The fraction of sp³-hybridized carbons (Fsp3) is 0.400. The first-order valence-electron chi connectivity index (χ1n) is 9.18. The third-order valence-corrected chi connectivity index (χ3v) is 7.97. The number of benzene rings is 1. The van der Waals surface area contributed by atoms with Gasteiger partial charge in [0.2, 0.25) is 10.0 Å². The summed E-state index contributed by atoms with van der Waals surface area (Å²) in [6, 6.07) is 4.49. The molecule has 1 N–H and O–H groups in total. The van der Waals surface area contributed by atoms with Gasteiger partial charge in [0.05, 0.1) is 17.6 Å². The molecule has 0 radical (unpaired) electrons. The van der Waals surface area contributed by atoms with E-state index in [0.717, 1.165) is 10.4 Å². The summed E-state index contributed by atoms with van der Waals surface area (Å²) in [6.07, 6.45) is 0. The third kappa shape index (κ3) is 4.52. The number of esters is 1.